The number of carbonyl (C=O) groups is 2. The molecule has 0 spiro atoms. The van der Waals surface area contributed by atoms with Crippen molar-refractivity contribution in [1.82, 2.24) is 0 Å². The Balaban J connectivity index is 2.34. The Kier molecular flexibility index (Phi) is 3.69. The van der Waals surface area contributed by atoms with Crippen molar-refractivity contribution in [3.63, 3.8) is 0 Å². The molecule has 1 aliphatic heterocycles. The first kappa shape index (κ1) is 14.7. The first-order chi connectivity index (χ1) is 9.26. The van der Waals surface area contributed by atoms with E-state index in [2.05, 4.69) is 0 Å². The summed E-state index contributed by atoms with van der Waals surface area (Å²) in [4.78, 5) is 25.8. The standard InChI is InChI=1S/C16H21NO3/c1-10-8-11(2)13-12(9-10)14(18)15(19)17(13)7-6-16(3,4)20-5/h8-9H,6-7H2,1-5H3. The molecule has 0 N–H and O–H groups in total. The van der Waals surface area contributed by atoms with Gasteiger partial charge in [-0.1, -0.05) is 6.07 Å². The number of hydrogen-bond donors (Lipinski definition) is 0. The first-order valence-electron chi connectivity index (χ1n) is 6.79. The Labute approximate surface area is 119 Å². The van der Waals surface area contributed by atoms with Gasteiger partial charge in [-0.2, -0.15) is 0 Å². The lowest BCUT2D eigenvalue weighted by molar-refractivity contribution is -0.114. The van der Waals surface area contributed by atoms with Gasteiger partial charge >= 0.3 is 0 Å². The molecule has 0 aliphatic carbocycles. The van der Waals surface area contributed by atoms with Crippen LogP contribution in [0.1, 0.15) is 41.8 Å². The maximum absolute atomic E-state index is 12.2. The number of hydrogen-bond acceptors (Lipinski definition) is 3. The van der Waals surface area contributed by atoms with Crippen LogP contribution >= 0.6 is 0 Å². The van der Waals surface area contributed by atoms with E-state index in [0.717, 1.165) is 16.8 Å². The van der Waals surface area contributed by atoms with E-state index in [1.54, 1.807) is 18.1 Å². The van der Waals surface area contributed by atoms with Crippen molar-refractivity contribution in [2.75, 3.05) is 18.6 Å². The van der Waals surface area contributed by atoms with Crippen LogP contribution in [0, 0.1) is 13.8 Å². The Morgan fingerprint density at radius 3 is 2.45 bits per heavy atom. The van der Waals surface area contributed by atoms with E-state index in [-0.39, 0.29) is 5.60 Å². The second kappa shape index (κ2) is 5.02. The molecule has 4 nitrogen and oxygen atoms in total. The van der Waals surface area contributed by atoms with Crippen LogP contribution in [0.2, 0.25) is 0 Å². The monoisotopic (exact) mass is 275 g/mol. The second-order valence-electron chi connectivity index (χ2n) is 5.98. The average Bonchev–Trinajstić information content (AvgIpc) is 2.61. The van der Waals surface area contributed by atoms with Crippen LogP contribution in [0.5, 0.6) is 0 Å². The highest BCUT2D eigenvalue weighted by Crippen LogP contribution is 2.34. The lowest BCUT2D eigenvalue weighted by Gasteiger charge is -2.26. The fraction of sp³-hybridized carbons (Fsp3) is 0.500. The molecule has 0 fully saturated rings. The number of benzene rings is 1. The summed E-state index contributed by atoms with van der Waals surface area (Å²) in [7, 11) is 1.65. The predicted molar refractivity (Wildman–Crippen MR) is 78.3 cm³/mol. The van der Waals surface area contributed by atoms with Gasteiger partial charge in [0, 0.05) is 13.7 Å². The van der Waals surface area contributed by atoms with E-state index in [1.807, 2.05) is 33.8 Å². The zero-order valence-corrected chi connectivity index (χ0v) is 12.7. The van der Waals surface area contributed by atoms with Crippen LogP contribution in [0.15, 0.2) is 12.1 Å². The molecule has 1 amide bonds. The molecule has 0 radical (unpaired) electrons. The highest BCUT2D eigenvalue weighted by molar-refractivity contribution is 6.52. The summed E-state index contributed by atoms with van der Waals surface area (Å²) in [6.07, 6.45) is 0.676. The lowest BCUT2D eigenvalue weighted by Crippen LogP contribution is -2.35. The molecular formula is C16H21NO3. The molecule has 0 atom stereocenters. The van der Waals surface area contributed by atoms with Crippen molar-refractivity contribution in [3.8, 4) is 0 Å². The van der Waals surface area contributed by atoms with Crippen LogP contribution in [-0.4, -0.2) is 30.9 Å². The van der Waals surface area contributed by atoms with E-state index >= 15 is 0 Å². The van der Waals surface area contributed by atoms with Crippen molar-refractivity contribution in [1.29, 1.82) is 0 Å². The maximum atomic E-state index is 12.2. The van der Waals surface area contributed by atoms with Gasteiger partial charge in [0.1, 0.15) is 0 Å². The van der Waals surface area contributed by atoms with Gasteiger partial charge in [-0.3, -0.25) is 9.59 Å². The number of fused-ring (bicyclic) bond motifs is 1. The van der Waals surface area contributed by atoms with E-state index in [9.17, 15) is 9.59 Å². The van der Waals surface area contributed by atoms with Gasteiger partial charge in [0.25, 0.3) is 11.7 Å². The number of ketones is 1. The maximum Gasteiger partial charge on any atom is 0.299 e. The summed E-state index contributed by atoms with van der Waals surface area (Å²) in [6, 6.07) is 3.79. The molecule has 1 aromatic rings. The molecule has 108 valence electrons. The van der Waals surface area contributed by atoms with Crippen LogP contribution in [0.25, 0.3) is 0 Å². The molecule has 0 saturated carbocycles. The summed E-state index contributed by atoms with van der Waals surface area (Å²) in [6.45, 7) is 8.30. The zero-order chi connectivity index (χ0) is 15.1. The fourth-order valence-electron chi connectivity index (χ4n) is 2.53. The minimum absolute atomic E-state index is 0.315. The van der Waals surface area contributed by atoms with Crippen molar-refractivity contribution < 1.29 is 14.3 Å². The number of rotatable bonds is 4. The molecular weight excluding hydrogens is 254 g/mol. The number of ether oxygens (including phenoxy) is 1. The van der Waals surface area contributed by atoms with E-state index in [1.165, 1.54) is 0 Å². The number of nitrogens with zero attached hydrogens (tertiary/aromatic N) is 1. The minimum atomic E-state index is -0.430. The van der Waals surface area contributed by atoms with Gasteiger partial charge in [0.2, 0.25) is 0 Å². The van der Waals surface area contributed by atoms with E-state index in [0.29, 0.717) is 18.5 Å². The Hall–Kier alpha value is -1.68. The summed E-state index contributed by atoms with van der Waals surface area (Å²) in [5.74, 6) is -0.831. The fourth-order valence-corrected chi connectivity index (χ4v) is 2.53. The molecule has 4 heteroatoms. The van der Waals surface area contributed by atoms with Crippen LogP contribution in [0.3, 0.4) is 0 Å². The molecule has 20 heavy (non-hydrogen) atoms. The molecule has 1 aliphatic rings. The highest BCUT2D eigenvalue weighted by Gasteiger charge is 2.37. The number of carbonyl (C=O) groups excluding carboxylic acids is 2. The predicted octanol–water partition coefficient (Wildman–Crippen LogP) is 2.65. The molecule has 0 aromatic heterocycles. The smallest absolute Gasteiger partial charge is 0.299 e. The number of amides is 1. The molecule has 2 rings (SSSR count). The van der Waals surface area contributed by atoms with Gasteiger partial charge in [0.05, 0.1) is 16.9 Å². The molecule has 0 bridgehead atoms. The second-order valence-corrected chi connectivity index (χ2v) is 5.98. The third-order valence-corrected chi connectivity index (χ3v) is 3.89. The average molecular weight is 275 g/mol. The lowest BCUT2D eigenvalue weighted by atomic mass is 10.0. The number of aryl methyl sites for hydroxylation is 2. The molecule has 0 unspecified atom stereocenters. The number of anilines is 1. The largest absolute Gasteiger partial charge is 0.379 e. The third kappa shape index (κ3) is 2.48. The Bertz CT molecular complexity index is 575. The van der Waals surface area contributed by atoms with Crippen LogP contribution in [0.4, 0.5) is 5.69 Å². The summed E-state index contributed by atoms with van der Waals surface area (Å²) in [5.41, 5.74) is 2.95. The minimum Gasteiger partial charge on any atom is -0.379 e. The summed E-state index contributed by atoms with van der Waals surface area (Å²) < 4.78 is 5.37. The highest BCUT2D eigenvalue weighted by atomic mass is 16.5. The SMILES string of the molecule is COC(C)(C)CCN1C(=O)C(=O)c2cc(C)cc(C)c21. The van der Waals surface area contributed by atoms with Gasteiger partial charge in [0.15, 0.2) is 0 Å². The zero-order valence-electron chi connectivity index (χ0n) is 12.7. The van der Waals surface area contributed by atoms with E-state index in [4.69, 9.17) is 4.74 Å². The van der Waals surface area contributed by atoms with Crippen LogP contribution in [-0.2, 0) is 9.53 Å². The first-order valence-corrected chi connectivity index (χ1v) is 6.79. The van der Waals surface area contributed by atoms with Crippen molar-refractivity contribution >= 4 is 17.4 Å². The van der Waals surface area contributed by atoms with Gasteiger partial charge in [-0.25, -0.2) is 0 Å². The summed E-state index contributed by atoms with van der Waals surface area (Å²) >= 11 is 0. The normalized spacial score (nSPS) is 14.9. The Morgan fingerprint density at radius 1 is 1.20 bits per heavy atom. The van der Waals surface area contributed by atoms with Crippen LogP contribution < -0.4 is 4.90 Å². The van der Waals surface area contributed by atoms with Crippen molar-refractivity contribution in [2.24, 2.45) is 0 Å². The molecule has 0 saturated heterocycles. The number of Topliss-reactive ketones (excluding diaryl/α,β-unsaturated/α-hetero) is 1. The quantitative estimate of drug-likeness (QED) is 0.794. The number of methoxy groups -OCH3 is 1. The van der Waals surface area contributed by atoms with Crippen molar-refractivity contribution in [3.05, 3.63) is 28.8 Å². The van der Waals surface area contributed by atoms with Gasteiger partial charge in [-0.05, 0) is 51.3 Å². The third-order valence-electron chi connectivity index (χ3n) is 3.89. The van der Waals surface area contributed by atoms with Crippen molar-refractivity contribution in [2.45, 2.75) is 39.7 Å². The topological polar surface area (TPSA) is 46.6 Å². The Morgan fingerprint density at radius 2 is 1.85 bits per heavy atom. The molecule has 1 aromatic carbocycles. The summed E-state index contributed by atoms with van der Waals surface area (Å²) in [5, 5.41) is 0. The van der Waals surface area contributed by atoms with Gasteiger partial charge in [-0.15, -0.1) is 0 Å². The molecule has 1 heterocycles. The van der Waals surface area contributed by atoms with Gasteiger partial charge < -0.3 is 9.64 Å². The van der Waals surface area contributed by atoms with E-state index < -0.39 is 11.7 Å².